The molecule has 1 atom stereocenters. The SMILES string of the molecule is COc1cc(SC)ccc1C(=O)O[C@H](C)C(=O)Nc1ccc(F)c([N+](=O)[O-])c1. The van der Waals surface area contributed by atoms with Crippen molar-refractivity contribution in [3.05, 3.63) is 57.9 Å². The van der Waals surface area contributed by atoms with Crippen molar-refractivity contribution in [1.82, 2.24) is 0 Å². The van der Waals surface area contributed by atoms with E-state index in [2.05, 4.69) is 5.32 Å². The maximum Gasteiger partial charge on any atom is 0.342 e. The second-order valence-electron chi connectivity index (χ2n) is 5.53. The Morgan fingerprint density at radius 3 is 2.57 bits per heavy atom. The van der Waals surface area contributed by atoms with Crippen LogP contribution >= 0.6 is 11.8 Å². The van der Waals surface area contributed by atoms with Gasteiger partial charge >= 0.3 is 11.7 Å². The van der Waals surface area contributed by atoms with Gasteiger partial charge in [0, 0.05) is 16.6 Å². The number of nitrogens with zero attached hydrogens (tertiary/aromatic N) is 1. The molecule has 0 aliphatic heterocycles. The molecule has 0 heterocycles. The normalized spacial score (nSPS) is 11.4. The summed E-state index contributed by atoms with van der Waals surface area (Å²) in [7, 11) is 1.41. The molecule has 0 saturated heterocycles. The zero-order chi connectivity index (χ0) is 20.8. The van der Waals surface area contributed by atoms with Gasteiger partial charge in [-0.2, -0.15) is 4.39 Å². The molecular weight excluding hydrogens is 391 g/mol. The summed E-state index contributed by atoms with van der Waals surface area (Å²) in [6.45, 7) is 1.34. The summed E-state index contributed by atoms with van der Waals surface area (Å²) in [6.07, 6.45) is 0.667. The Labute approximate surface area is 164 Å². The third-order valence-electron chi connectivity index (χ3n) is 3.69. The van der Waals surface area contributed by atoms with Gasteiger partial charge in [-0.05, 0) is 43.5 Å². The average Bonchev–Trinajstić information content (AvgIpc) is 2.68. The number of methoxy groups -OCH3 is 1. The van der Waals surface area contributed by atoms with Gasteiger partial charge in [0.15, 0.2) is 6.10 Å². The van der Waals surface area contributed by atoms with Crippen LogP contribution in [-0.4, -0.2) is 36.3 Å². The Kier molecular flexibility index (Phi) is 6.94. The number of esters is 1. The van der Waals surface area contributed by atoms with Crippen LogP contribution < -0.4 is 10.1 Å². The highest BCUT2D eigenvalue weighted by atomic mass is 32.2. The molecule has 0 bridgehead atoms. The van der Waals surface area contributed by atoms with Gasteiger partial charge in [-0.1, -0.05) is 0 Å². The molecule has 0 aliphatic carbocycles. The second kappa shape index (κ2) is 9.18. The monoisotopic (exact) mass is 408 g/mol. The quantitative estimate of drug-likeness (QED) is 0.322. The van der Waals surface area contributed by atoms with E-state index in [0.29, 0.717) is 5.75 Å². The molecule has 148 valence electrons. The summed E-state index contributed by atoms with van der Waals surface area (Å²) in [5.41, 5.74) is -0.624. The Hall–Kier alpha value is -3.14. The highest BCUT2D eigenvalue weighted by Crippen LogP contribution is 2.26. The maximum atomic E-state index is 13.4. The Bertz CT molecular complexity index is 921. The number of halogens is 1. The lowest BCUT2D eigenvalue weighted by Crippen LogP contribution is -2.30. The number of benzene rings is 2. The number of hydrogen-bond donors (Lipinski definition) is 1. The zero-order valence-corrected chi connectivity index (χ0v) is 16.0. The smallest absolute Gasteiger partial charge is 0.342 e. The number of carbonyl (C=O) groups excluding carboxylic acids is 2. The minimum Gasteiger partial charge on any atom is -0.496 e. The van der Waals surface area contributed by atoms with E-state index >= 15 is 0 Å². The van der Waals surface area contributed by atoms with E-state index in [0.717, 1.165) is 17.0 Å². The van der Waals surface area contributed by atoms with Crippen LogP contribution in [0.15, 0.2) is 41.3 Å². The summed E-state index contributed by atoms with van der Waals surface area (Å²) in [5, 5.41) is 13.1. The number of ether oxygens (including phenoxy) is 2. The zero-order valence-electron chi connectivity index (χ0n) is 15.2. The molecule has 0 fully saturated rings. The van der Waals surface area contributed by atoms with Crippen molar-refractivity contribution in [2.45, 2.75) is 17.9 Å². The molecule has 0 aliphatic rings. The Morgan fingerprint density at radius 1 is 1.25 bits per heavy atom. The van der Waals surface area contributed by atoms with Crippen LogP contribution in [-0.2, 0) is 9.53 Å². The average molecular weight is 408 g/mol. The van der Waals surface area contributed by atoms with Crippen molar-refractivity contribution < 1.29 is 28.4 Å². The molecular formula is C18H17FN2O6S. The minimum absolute atomic E-state index is 0.00269. The van der Waals surface area contributed by atoms with Gasteiger partial charge in [-0.25, -0.2) is 4.79 Å². The van der Waals surface area contributed by atoms with E-state index in [1.165, 1.54) is 37.9 Å². The number of nitro benzene ring substituents is 1. The number of rotatable bonds is 7. The van der Waals surface area contributed by atoms with Crippen molar-refractivity contribution in [1.29, 1.82) is 0 Å². The number of nitro groups is 1. The molecule has 0 unspecified atom stereocenters. The molecule has 1 N–H and O–H groups in total. The van der Waals surface area contributed by atoms with Crippen molar-refractivity contribution in [3.63, 3.8) is 0 Å². The van der Waals surface area contributed by atoms with E-state index in [-0.39, 0.29) is 11.3 Å². The summed E-state index contributed by atoms with van der Waals surface area (Å²) >= 11 is 1.47. The predicted octanol–water partition coefficient (Wildman–Crippen LogP) is 3.65. The highest BCUT2D eigenvalue weighted by Gasteiger charge is 2.23. The number of hydrogen-bond acceptors (Lipinski definition) is 7. The lowest BCUT2D eigenvalue weighted by Gasteiger charge is -2.15. The van der Waals surface area contributed by atoms with E-state index < -0.39 is 34.4 Å². The van der Waals surface area contributed by atoms with Crippen LogP contribution in [0.3, 0.4) is 0 Å². The second-order valence-corrected chi connectivity index (χ2v) is 6.41. The molecule has 0 spiro atoms. The van der Waals surface area contributed by atoms with Crippen LogP contribution in [0.2, 0.25) is 0 Å². The van der Waals surface area contributed by atoms with Crippen LogP contribution in [0, 0.1) is 15.9 Å². The largest absolute Gasteiger partial charge is 0.496 e. The first-order chi connectivity index (χ1) is 13.3. The molecule has 2 rings (SSSR count). The van der Waals surface area contributed by atoms with E-state index in [1.54, 1.807) is 12.1 Å². The van der Waals surface area contributed by atoms with Gasteiger partial charge in [0.2, 0.25) is 5.82 Å². The van der Waals surface area contributed by atoms with Crippen molar-refractivity contribution in [3.8, 4) is 5.75 Å². The fraction of sp³-hybridized carbons (Fsp3) is 0.222. The molecule has 2 aromatic carbocycles. The van der Waals surface area contributed by atoms with Gasteiger partial charge in [0.1, 0.15) is 11.3 Å². The third-order valence-corrected chi connectivity index (χ3v) is 4.42. The fourth-order valence-corrected chi connectivity index (χ4v) is 2.65. The molecule has 0 saturated carbocycles. The van der Waals surface area contributed by atoms with E-state index in [4.69, 9.17) is 9.47 Å². The van der Waals surface area contributed by atoms with Crippen LogP contribution in [0.1, 0.15) is 17.3 Å². The maximum absolute atomic E-state index is 13.4. The standard InChI is InChI=1S/C18H17FN2O6S/c1-10(17(22)20-11-4-7-14(19)15(8-11)21(24)25)27-18(23)13-6-5-12(28-3)9-16(13)26-2/h4-10H,1-3H3,(H,20,22)/t10-/m1/s1. The molecule has 0 radical (unpaired) electrons. The van der Waals surface area contributed by atoms with E-state index in [1.807, 2.05) is 6.26 Å². The van der Waals surface area contributed by atoms with Gasteiger partial charge in [0.05, 0.1) is 12.0 Å². The number of nitrogens with one attached hydrogen (secondary N) is 1. The van der Waals surface area contributed by atoms with Crippen LogP contribution in [0.5, 0.6) is 5.75 Å². The van der Waals surface area contributed by atoms with Gasteiger partial charge in [-0.15, -0.1) is 11.8 Å². The molecule has 10 heteroatoms. The topological polar surface area (TPSA) is 108 Å². The summed E-state index contributed by atoms with van der Waals surface area (Å²) < 4.78 is 23.7. The first-order valence-electron chi connectivity index (χ1n) is 7.94. The number of thioether (sulfide) groups is 1. The van der Waals surface area contributed by atoms with Gasteiger partial charge in [0.25, 0.3) is 5.91 Å². The summed E-state index contributed by atoms with van der Waals surface area (Å²) in [6, 6.07) is 7.82. The molecule has 1 amide bonds. The molecule has 2 aromatic rings. The minimum atomic E-state index is -1.21. The van der Waals surface area contributed by atoms with E-state index in [9.17, 15) is 24.1 Å². The molecule has 8 nitrogen and oxygen atoms in total. The molecule has 0 aromatic heterocycles. The van der Waals surface area contributed by atoms with Crippen LogP contribution in [0.25, 0.3) is 0 Å². The lowest BCUT2D eigenvalue weighted by atomic mass is 10.2. The third kappa shape index (κ3) is 4.97. The number of amides is 1. The van der Waals surface area contributed by atoms with Crippen molar-refractivity contribution in [2.75, 3.05) is 18.7 Å². The first kappa shape index (κ1) is 21.2. The first-order valence-corrected chi connectivity index (χ1v) is 9.17. The summed E-state index contributed by atoms with van der Waals surface area (Å²) in [5.74, 6) is -2.21. The lowest BCUT2D eigenvalue weighted by molar-refractivity contribution is -0.387. The predicted molar refractivity (Wildman–Crippen MR) is 101 cm³/mol. The Morgan fingerprint density at radius 2 is 1.96 bits per heavy atom. The summed E-state index contributed by atoms with van der Waals surface area (Å²) in [4.78, 5) is 35.3. The Balaban J connectivity index is 2.09. The van der Waals surface area contributed by atoms with Gasteiger partial charge in [-0.3, -0.25) is 14.9 Å². The van der Waals surface area contributed by atoms with Crippen molar-refractivity contribution >= 4 is 35.0 Å². The molecule has 28 heavy (non-hydrogen) atoms. The van der Waals surface area contributed by atoms with Crippen LogP contribution in [0.4, 0.5) is 15.8 Å². The number of anilines is 1. The van der Waals surface area contributed by atoms with Crippen molar-refractivity contribution in [2.24, 2.45) is 0 Å². The number of carbonyl (C=O) groups is 2. The highest BCUT2D eigenvalue weighted by molar-refractivity contribution is 7.98. The van der Waals surface area contributed by atoms with Gasteiger partial charge < -0.3 is 14.8 Å². The fourth-order valence-electron chi connectivity index (χ4n) is 2.22.